The number of hydrogen-bond acceptors (Lipinski definition) is 3. The van der Waals surface area contributed by atoms with Crippen molar-refractivity contribution in [2.24, 2.45) is 11.1 Å². The molecule has 2 rings (SSSR count). The number of carbonyl (C=O) groups is 2. The Morgan fingerprint density at radius 2 is 2.11 bits per heavy atom. The van der Waals surface area contributed by atoms with E-state index >= 15 is 0 Å². The fraction of sp³-hybridized carbons (Fsp3) is 0.429. The Kier molecular flexibility index (Phi) is 3.46. The molecule has 0 heterocycles. The molecule has 0 unspecified atom stereocenters. The minimum absolute atomic E-state index is 0.414. The van der Waals surface area contributed by atoms with Gasteiger partial charge in [0.2, 0.25) is 5.91 Å². The summed E-state index contributed by atoms with van der Waals surface area (Å²) in [4.78, 5) is 22.4. The maximum Gasteiger partial charge on any atom is 0.311 e. The molecule has 1 aliphatic carbocycles. The first-order valence-electron chi connectivity index (χ1n) is 6.32. The smallest absolute Gasteiger partial charge is 0.311 e. The number of amides is 1. The van der Waals surface area contributed by atoms with Gasteiger partial charge < -0.3 is 16.2 Å². The van der Waals surface area contributed by atoms with Gasteiger partial charge in [0.1, 0.15) is 0 Å². The number of nitrogens with one attached hydrogen (secondary N) is 1. The van der Waals surface area contributed by atoms with E-state index in [4.69, 9.17) is 5.73 Å². The Morgan fingerprint density at radius 1 is 1.42 bits per heavy atom. The van der Waals surface area contributed by atoms with Gasteiger partial charge in [-0.05, 0) is 43.5 Å². The molecule has 1 aromatic carbocycles. The maximum atomic E-state index is 11.2. The van der Waals surface area contributed by atoms with Gasteiger partial charge in [-0.2, -0.15) is 0 Å². The molecule has 0 bridgehead atoms. The van der Waals surface area contributed by atoms with Crippen molar-refractivity contribution < 1.29 is 14.7 Å². The van der Waals surface area contributed by atoms with Crippen LogP contribution in [0.15, 0.2) is 18.2 Å². The summed E-state index contributed by atoms with van der Waals surface area (Å²) < 4.78 is 0. The number of aryl methyl sites for hydroxylation is 1. The van der Waals surface area contributed by atoms with Gasteiger partial charge in [0.15, 0.2) is 0 Å². The quantitative estimate of drug-likeness (QED) is 0.754. The zero-order chi connectivity index (χ0) is 14.0. The van der Waals surface area contributed by atoms with Crippen LogP contribution in [0.1, 0.15) is 35.2 Å². The summed E-state index contributed by atoms with van der Waals surface area (Å²) >= 11 is 0. The summed E-state index contributed by atoms with van der Waals surface area (Å²) in [6, 6.07) is 5.23. The number of benzene rings is 1. The molecule has 0 aromatic heterocycles. The third-order valence-corrected chi connectivity index (χ3v) is 3.89. The van der Waals surface area contributed by atoms with Crippen LogP contribution in [0.4, 0.5) is 5.69 Å². The molecule has 1 amide bonds. The first-order chi connectivity index (χ1) is 8.94. The largest absolute Gasteiger partial charge is 0.481 e. The van der Waals surface area contributed by atoms with Crippen molar-refractivity contribution in [1.82, 2.24) is 0 Å². The summed E-state index contributed by atoms with van der Waals surface area (Å²) in [7, 11) is 0. The van der Waals surface area contributed by atoms with Crippen LogP contribution in [-0.2, 0) is 4.79 Å². The van der Waals surface area contributed by atoms with Crippen molar-refractivity contribution in [3.05, 3.63) is 29.3 Å². The number of hydrogen-bond donors (Lipinski definition) is 3. The van der Waals surface area contributed by atoms with E-state index in [0.717, 1.165) is 17.7 Å². The van der Waals surface area contributed by atoms with Gasteiger partial charge in [0.05, 0.1) is 5.41 Å². The van der Waals surface area contributed by atoms with Gasteiger partial charge in [-0.3, -0.25) is 9.59 Å². The van der Waals surface area contributed by atoms with Crippen LogP contribution in [0, 0.1) is 12.3 Å². The lowest BCUT2D eigenvalue weighted by Gasteiger charge is -2.37. The van der Waals surface area contributed by atoms with Crippen molar-refractivity contribution >= 4 is 17.6 Å². The number of rotatable bonds is 5. The van der Waals surface area contributed by atoms with Crippen LogP contribution in [-0.4, -0.2) is 23.5 Å². The molecule has 1 aliphatic rings. The highest BCUT2D eigenvalue weighted by atomic mass is 16.4. The summed E-state index contributed by atoms with van der Waals surface area (Å²) in [5.41, 5.74) is 6.70. The SMILES string of the molecule is Cc1cc(NCC2(C(=O)O)CCC2)ccc1C(N)=O. The summed E-state index contributed by atoms with van der Waals surface area (Å²) in [6.07, 6.45) is 2.40. The van der Waals surface area contributed by atoms with E-state index in [2.05, 4.69) is 5.32 Å². The second-order valence-corrected chi connectivity index (χ2v) is 5.19. The fourth-order valence-electron chi connectivity index (χ4n) is 2.39. The van der Waals surface area contributed by atoms with Crippen LogP contribution in [0.5, 0.6) is 0 Å². The van der Waals surface area contributed by atoms with E-state index in [0.29, 0.717) is 24.9 Å². The molecule has 19 heavy (non-hydrogen) atoms. The number of primary amides is 1. The fourth-order valence-corrected chi connectivity index (χ4v) is 2.39. The highest BCUT2D eigenvalue weighted by Gasteiger charge is 2.44. The van der Waals surface area contributed by atoms with Gasteiger partial charge in [-0.15, -0.1) is 0 Å². The molecule has 0 aliphatic heterocycles. The third-order valence-electron chi connectivity index (χ3n) is 3.89. The highest BCUT2D eigenvalue weighted by Crippen LogP contribution is 2.41. The van der Waals surface area contributed by atoms with Crippen LogP contribution in [0.2, 0.25) is 0 Å². The Balaban J connectivity index is 2.06. The van der Waals surface area contributed by atoms with Crippen LogP contribution in [0.25, 0.3) is 0 Å². The minimum Gasteiger partial charge on any atom is -0.481 e. The van der Waals surface area contributed by atoms with Crippen molar-refractivity contribution in [3.8, 4) is 0 Å². The number of carbonyl (C=O) groups excluding carboxylic acids is 1. The first-order valence-corrected chi connectivity index (χ1v) is 6.32. The van der Waals surface area contributed by atoms with Gasteiger partial charge in [0, 0.05) is 17.8 Å². The molecule has 102 valence electrons. The first kappa shape index (κ1) is 13.4. The molecule has 0 atom stereocenters. The summed E-state index contributed by atoms with van der Waals surface area (Å²) in [5.74, 6) is -1.19. The molecule has 0 radical (unpaired) electrons. The lowest BCUT2D eigenvalue weighted by molar-refractivity contribution is -0.153. The Hall–Kier alpha value is -2.04. The monoisotopic (exact) mass is 262 g/mol. The number of aliphatic carboxylic acids is 1. The third kappa shape index (κ3) is 2.54. The van der Waals surface area contributed by atoms with Gasteiger partial charge in [-0.1, -0.05) is 6.42 Å². The number of nitrogens with two attached hydrogens (primary N) is 1. The maximum absolute atomic E-state index is 11.2. The van der Waals surface area contributed by atoms with Gasteiger partial charge >= 0.3 is 5.97 Å². The van der Waals surface area contributed by atoms with E-state index in [1.54, 1.807) is 12.1 Å². The Morgan fingerprint density at radius 3 is 2.53 bits per heavy atom. The second-order valence-electron chi connectivity index (χ2n) is 5.19. The number of carboxylic acid groups (broad SMARTS) is 1. The van der Waals surface area contributed by atoms with E-state index in [-0.39, 0.29) is 0 Å². The average Bonchev–Trinajstić information content (AvgIpc) is 2.26. The molecule has 5 nitrogen and oxygen atoms in total. The zero-order valence-corrected chi connectivity index (χ0v) is 10.9. The van der Waals surface area contributed by atoms with E-state index < -0.39 is 17.3 Å². The average molecular weight is 262 g/mol. The van der Waals surface area contributed by atoms with Crippen molar-refractivity contribution in [2.75, 3.05) is 11.9 Å². The second kappa shape index (κ2) is 4.91. The molecule has 1 fully saturated rings. The van der Waals surface area contributed by atoms with Crippen LogP contribution >= 0.6 is 0 Å². The van der Waals surface area contributed by atoms with Gasteiger partial charge in [-0.25, -0.2) is 0 Å². The standard InChI is InChI=1S/C14H18N2O3/c1-9-7-10(3-4-11(9)12(15)17)16-8-14(13(18)19)5-2-6-14/h3-4,7,16H,2,5-6,8H2,1H3,(H2,15,17)(H,18,19). The van der Waals surface area contributed by atoms with Crippen molar-refractivity contribution in [1.29, 1.82) is 0 Å². The summed E-state index contributed by atoms with van der Waals surface area (Å²) in [6.45, 7) is 2.22. The molecule has 1 saturated carbocycles. The predicted octanol–water partition coefficient (Wildman–Crippen LogP) is 1.76. The molecule has 0 spiro atoms. The molecular formula is C14H18N2O3. The van der Waals surface area contributed by atoms with Crippen molar-refractivity contribution in [2.45, 2.75) is 26.2 Å². The zero-order valence-electron chi connectivity index (χ0n) is 10.9. The lowest BCUT2D eigenvalue weighted by Crippen LogP contribution is -2.43. The highest BCUT2D eigenvalue weighted by molar-refractivity contribution is 5.94. The van der Waals surface area contributed by atoms with Crippen molar-refractivity contribution in [3.63, 3.8) is 0 Å². The molecule has 4 N–H and O–H groups in total. The minimum atomic E-state index is -0.739. The Labute approximate surface area is 111 Å². The van der Waals surface area contributed by atoms with Crippen LogP contribution < -0.4 is 11.1 Å². The molecule has 0 saturated heterocycles. The normalized spacial score (nSPS) is 16.5. The molecule has 1 aromatic rings. The van der Waals surface area contributed by atoms with E-state index in [1.165, 1.54) is 0 Å². The molecule has 5 heteroatoms. The topological polar surface area (TPSA) is 92.4 Å². The van der Waals surface area contributed by atoms with Gasteiger partial charge in [0.25, 0.3) is 0 Å². The molecular weight excluding hydrogens is 244 g/mol. The number of anilines is 1. The lowest BCUT2D eigenvalue weighted by atomic mass is 9.69. The Bertz CT molecular complexity index is 521. The van der Waals surface area contributed by atoms with Crippen LogP contribution in [0.3, 0.4) is 0 Å². The van der Waals surface area contributed by atoms with E-state index in [1.807, 2.05) is 13.0 Å². The summed E-state index contributed by atoms with van der Waals surface area (Å²) in [5, 5.41) is 12.4. The predicted molar refractivity (Wildman–Crippen MR) is 72.1 cm³/mol. The number of carboxylic acids is 1. The van der Waals surface area contributed by atoms with E-state index in [9.17, 15) is 14.7 Å².